The van der Waals surface area contributed by atoms with Crippen LogP contribution in [0.3, 0.4) is 0 Å². The Balaban J connectivity index is 2.88. The standard InChI is InChI=1S/C12H14N4/c1-3-16(9-10(2)7-13)12-4-5-15-11(6-12)8-14/h4-6,10H,3,9H2,1-2H3. The molecular weight excluding hydrogens is 200 g/mol. The van der Waals surface area contributed by atoms with Crippen molar-refractivity contribution in [2.75, 3.05) is 18.0 Å². The second-order valence-electron chi connectivity index (χ2n) is 3.58. The second-order valence-corrected chi connectivity index (χ2v) is 3.58. The van der Waals surface area contributed by atoms with Gasteiger partial charge in [0.15, 0.2) is 0 Å². The number of rotatable bonds is 4. The van der Waals surface area contributed by atoms with Crippen molar-refractivity contribution in [2.24, 2.45) is 5.92 Å². The Morgan fingerprint density at radius 1 is 1.50 bits per heavy atom. The first kappa shape index (κ1) is 12.0. The number of hydrogen-bond donors (Lipinski definition) is 0. The minimum absolute atomic E-state index is 0.0290. The number of pyridine rings is 1. The topological polar surface area (TPSA) is 63.7 Å². The molecule has 0 N–H and O–H groups in total. The van der Waals surface area contributed by atoms with Crippen LogP contribution in [0, 0.1) is 28.6 Å². The SMILES string of the molecule is CCN(CC(C)C#N)c1ccnc(C#N)c1. The van der Waals surface area contributed by atoms with Crippen molar-refractivity contribution in [1.29, 1.82) is 10.5 Å². The molecule has 0 spiro atoms. The van der Waals surface area contributed by atoms with Crippen molar-refractivity contribution in [3.63, 3.8) is 0 Å². The van der Waals surface area contributed by atoms with Gasteiger partial charge in [0.1, 0.15) is 11.8 Å². The molecule has 82 valence electrons. The zero-order valence-electron chi connectivity index (χ0n) is 9.51. The molecule has 4 heteroatoms. The van der Waals surface area contributed by atoms with E-state index in [2.05, 4.69) is 16.0 Å². The highest BCUT2D eigenvalue weighted by Gasteiger charge is 2.09. The van der Waals surface area contributed by atoms with E-state index in [-0.39, 0.29) is 5.92 Å². The summed E-state index contributed by atoms with van der Waals surface area (Å²) in [5.41, 5.74) is 1.34. The minimum atomic E-state index is -0.0290. The molecule has 16 heavy (non-hydrogen) atoms. The Kier molecular flexibility index (Phi) is 4.29. The monoisotopic (exact) mass is 214 g/mol. The van der Waals surface area contributed by atoms with Gasteiger partial charge in [-0.3, -0.25) is 0 Å². The third kappa shape index (κ3) is 2.96. The molecule has 0 aliphatic rings. The zero-order valence-corrected chi connectivity index (χ0v) is 9.51. The highest BCUT2D eigenvalue weighted by atomic mass is 15.1. The lowest BCUT2D eigenvalue weighted by molar-refractivity contribution is 0.686. The first-order chi connectivity index (χ1) is 7.71. The summed E-state index contributed by atoms with van der Waals surface area (Å²) in [5.74, 6) is -0.0290. The molecule has 1 aromatic rings. The normalized spacial score (nSPS) is 11.2. The van der Waals surface area contributed by atoms with Crippen molar-refractivity contribution in [3.05, 3.63) is 24.0 Å². The van der Waals surface area contributed by atoms with Crippen molar-refractivity contribution in [2.45, 2.75) is 13.8 Å². The summed E-state index contributed by atoms with van der Waals surface area (Å²) in [6.45, 7) is 5.38. The van der Waals surface area contributed by atoms with Gasteiger partial charge in [-0.25, -0.2) is 4.98 Å². The van der Waals surface area contributed by atoms with Crippen LogP contribution in [0.25, 0.3) is 0 Å². The fraction of sp³-hybridized carbons (Fsp3) is 0.417. The van der Waals surface area contributed by atoms with Crippen molar-refractivity contribution < 1.29 is 0 Å². The van der Waals surface area contributed by atoms with E-state index in [9.17, 15) is 0 Å². The van der Waals surface area contributed by atoms with Crippen LogP contribution in [0.5, 0.6) is 0 Å². The number of nitrogens with zero attached hydrogens (tertiary/aromatic N) is 4. The first-order valence-electron chi connectivity index (χ1n) is 5.22. The van der Waals surface area contributed by atoms with Crippen LogP contribution in [-0.2, 0) is 0 Å². The molecule has 0 fully saturated rings. The fourth-order valence-corrected chi connectivity index (χ4v) is 1.47. The van der Waals surface area contributed by atoms with E-state index >= 15 is 0 Å². The van der Waals surface area contributed by atoms with Crippen molar-refractivity contribution in [1.82, 2.24) is 4.98 Å². The van der Waals surface area contributed by atoms with Gasteiger partial charge in [0.25, 0.3) is 0 Å². The lowest BCUT2D eigenvalue weighted by Gasteiger charge is -2.23. The van der Waals surface area contributed by atoms with E-state index in [0.29, 0.717) is 12.2 Å². The third-order valence-electron chi connectivity index (χ3n) is 2.32. The fourth-order valence-electron chi connectivity index (χ4n) is 1.47. The number of anilines is 1. The van der Waals surface area contributed by atoms with E-state index in [0.717, 1.165) is 12.2 Å². The van der Waals surface area contributed by atoms with Gasteiger partial charge < -0.3 is 4.90 Å². The predicted octanol–water partition coefficient (Wildman–Crippen LogP) is 1.94. The van der Waals surface area contributed by atoms with Gasteiger partial charge in [0.05, 0.1) is 12.0 Å². The Labute approximate surface area is 95.8 Å². The summed E-state index contributed by atoms with van der Waals surface area (Å²) in [7, 11) is 0. The number of aromatic nitrogens is 1. The summed E-state index contributed by atoms with van der Waals surface area (Å²) >= 11 is 0. The molecule has 4 nitrogen and oxygen atoms in total. The summed E-state index contributed by atoms with van der Waals surface area (Å²) in [5, 5.41) is 17.5. The Morgan fingerprint density at radius 2 is 2.25 bits per heavy atom. The van der Waals surface area contributed by atoms with Gasteiger partial charge in [-0.1, -0.05) is 0 Å². The van der Waals surface area contributed by atoms with Gasteiger partial charge in [0.2, 0.25) is 0 Å². The highest BCUT2D eigenvalue weighted by molar-refractivity contribution is 5.48. The molecular formula is C12H14N4. The van der Waals surface area contributed by atoms with E-state index in [4.69, 9.17) is 10.5 Å². The molecule has 1 aromatic heterocycles. The van der Waals surface area contributed by atoms with Gasteiger partial charge in [-0.05, 0) is 26.0 Å². The van der Waals surface area contributed by atoms with Gasteiger partial charge >= 0.3 is 0 Å². The molecule has 0 amide bonds. The van der Waals surface area contributed by atoms with E-state index in [1.54, 1.807) is 12.3 Å². The average Bonchev–Trinajstić information content (AvgIpc) is 2.35. The molecule has 1 atom stereocenters. The van der Waals surface area contributed by atoms with Crippen LogP contribution in [-0.4, -0.2) is 18.1 Å². The Morgan fingerprint density at radius 3 is 2.81 bits per heavy atom. The van der Waals surface area contributed by atoms with E-state index in [1.807, 2.05) is 26.0 Å². The molecule has 0 aliphatic carbocycles. The van der Waals surface area contributed by atoms with Crippen LogP contribution in [0.4, 0.5) is 5.69 Å². The molecule has 0 saturated heterocycles. The van der Waals surface area contributed by atoms with Gasteiger partial charge in [-0.15, -0.1) is 0 Å². The Bertz CT molecular complexity index is 427. The minimum Gasteiger partial charge on any atom is -0.370 e. The molecule has 1 rings (SSSR count). The maximum absolute atomic E-state index is 8.79. The smallest absolute Gasteiger partial charge is 0.142 e. The maximum Gasteiger partial charge on any atom is 0.142 e. The third-order valence-corrected chi connectivity index (χ3v) is 2.32. The largest absolute Gasteiger partial charge is 0.370 e. The predicted molar refractivity (Wildman–Crippen MR) is 61.6 cm³/mol. The van der Waals surface area contributed by atoms with E-state index in [1.165, 1.54) is 0 Å². The Hall–Kier alpha value is -2.07. The molecule has 0 saturated carbocycles. The van der Waals surface area contributed by atoms with Gasteiger partial charge in [-0.2, -0.15) is 10.5 Å². The molecule has 1 heterocycles. The highest BCUT2D eigenvalue weighted by Crippen LogP contribution is 2.15. The lowest BCUT2D eigenvalue weighted by atomic mass is 10.2. The average molecular weight is 214 g/mol. The summed E-state index contributed by atoms with van der Waals surface area (Å²) in [6.07, 6.45) is 1.62. The molecule has 0 radical (unpaired) electrons. The number of nitriles is 2. The summed E-state index contributed by atoms with van der Waals surface area (Å²) < 4.78 is 0. The zero-order chi connectivity index (χ0) is 12.0. The summed E-state index contributed by atoms with van der Waals surface area (Å²) in [4.78, 5) is 5.99. The van der Waals surface area contributed by atoms with Crippen molar-refractivity contribution in [3.8, 4) is 12.1 Å². The maximum atomic E-state index is 8.79. The van der Waals surface area contributed by atoms with E-state index < -0.39 is 0 Å². The van der Waals surface area contributed by atoms with Crippen LogP contribution in [0.1, 0.15) is 19.5 Å². The second kappa shape index (κ2) is 5.72. The van der Waals surface area contributed by atoms with Crippen LogP contribution in [0.2, 0.25) is 0 Å². The number of hydrogen-bond acceptors (Lipinski definition) is 4. The first-order valence-corrected chi connectivity index (χ1v) is 5.22. The van der Waals surface area contributed by atoms with Crippen LogP contribution in [0.15, 0.2) is 18.3 Å². The van der Waals surface area contributed by atoms with Crippen molar-refractivity contribution >= 4 is 5.69 Å². The molecule has 0 bridgehead atoms. The molecule has 0 aromatic carbocycles. The van der Waals surface area contributed by atoms with Gasteiger partial charge in [0, 0.05) is 25.0 Å². The molecule has 0 aliphatic heterocycles. The van der Waals surface area contributed by atoms with Crippen LogP contribution < -0.4 is 4.90 Å². The molecule has 1 unspecified atom stereocenters. The van der Waals surface area contributed by atoms with Crippen LogP contribution >= 0.6 is 0 Å². The quantitative estimate of drug-likeness (QED) is 0.768. The summed E-state index contributed by atoms with van der Waals surface area (Å²) in [6, 6.07) is 7.82. The lowest BCUT2D eigenvalue weighted by Crippen LogP contribution is -2.27.